The van der Waals surface area contributed by atoms with Crippen molar-refractivity contribution in [1.82, 2.24) is 14.7 Å². The molecule has 0 atom stereocenters. The Hall–Kier alpha value is -3.68. The van der Waals surface area contributed by atoms with Crippen molar-refractivity contribution in [3.8, 4) is 18.1 Å². The second-order valence-corrected chi connectivity index (χ2v) is 8.77. The van der Waals surface area contributed by atoms with E-state index in [-0.39, 0.29) is 23.3 Å². The van der Waals surface area contributed by atoms with Crippen LogP contribution in [0, 0.1) is 25.1 Å². The molecule has 3 rings (SSSR count). The number of sulfonamides is 1. The van der Waals surface area contributed by atoms with Gasteiger partial charge in [-0.3, -0.25) is 0 Å². The fourth-order valence-electron chi connectivity index (χ4n) is 2.82. The summed E-state index contributed by atoms with van der Waals surface area (Å²) in [6.45, 7) is 4.08. The Labute approximate surface area is 192 Å². The van der Waals surface area contributed by atoms with Gasteiger partial charge in [-0.15, -0.1) is 6.42 Å². The van der Waals surface area contributed by atoms with Crippen LogP contribution in [0.25, 0.3) is 0 Å². The van der Waals surface area contributed by atoms with Crippen LogP contribution in [-0.2, 0) is 10.0 Å². The van der Waals surface area contributed by atoms with E-state index in [4.69, 9.17) is 11.2 Å². The highest BCUT2D eigenvalue weighted by atomic mass is 32.2. The van der Waals surface area contributed by atoms with E-state index < -0.39 is 15.8 Å². The molecule has 0 saturated carbocycles. The quantitative estimate of drug-likeness (QED) is 0.384. The SMILES string of the molecule is C#CCOc1ccc(Nc2nc(Nc3ccc(C)c(S(=O)(=O)NCCC)c3)ncc2F)cc1. The Morgan fingerprint density at radius 2 is 1.85 bits per heavy atom. The van der Waals surface area contributed by atoms with Gasteiger partial charge in [-0.1, -0.05) is 18.9 Å². The first-order chi connectivity index (χ1) is 15.8. The van der Waals surface area contributed by atoms with E-state index in [1.165, 1.54) is 6.07 Å². The summed E-state index contributed by atoms with van der Waals surface area (Å²) in [6.07, 6.45) is 6.87. The fraction of sp³-hybridized carbons (Fsp3) is 0.217. The first-order valence-electron chi connectivity index (χ1n) is 10.2. The normalized spacial score (nSPS) is 11.0. The molecule has 0 saturated heterocycles. The molecule has 0 amide bonds. The minimum absolute atomic E-state index is 0.0469. The van der Waals surface area contributed by atoms with Crippen molar-refractivity contribution in [1.29, 1.82) is 0 Å². The number of halogens is 1. The molecule has 3 aromatic rings. The molecular weight excluding hydrogens is 445 g/mol. The molecule has 0 spiro atoms. The Bertz CT molecular complexity index is 1260. The summed E-state index contributed by atoms with van der Waals surface area (Å²) in [5, 5.41) is 5.81. The third kappa shape index (κ3) is 6.41. The van der Waals surface area contributed by atoms with Crippen LogP contribution in [0.15, 0.2) is 53.6 Å². The maximum atomic E-state index is 14.3. The Balaban J connectivity index is 1.79. The molecule has 8 nitrogen and oxygen atoms in total. The maximum Gasteiger partial charge on any atom is 0.240 e. The smallest absolute Gasteiger partial charge is 0.240 e. The number of terminal acetylenes is 1. The van der Waals surface area contributed by atoms with Crippen molar-refractivity contribution in [2.45, 2.75) is 25.2 Å². The molecule has 10 heteroatoms. The molecule has 0 unspecified atom stereocenters. The van der Waals surface area contributed by atoms with Crippen molar-refractivity contribution < 1.29 is 17.5 Å². The van der Waals surface area contributed by atoms with Gasteiger partial charge in [0.05, 0.1) is 11.1 Å². The van der Waals surface area contributed by atoms with Crippen LogP contribution in [0.1, 0.15) is 18.9 Å². The summed E-state index contributed by atoms with van der Waals surface area (Å²) >= 11 is 0. The largest absolute Gasteiger partial charge is 0.481 e. The Kier molecular flexibility index (Phi) is 7.82. The fourth-order valence-corrected chi connectivity index (χ4v) is 4.22. The van der Waals surface area contributed by atoms with Gasteiger partial charge in [0.1, 0.15) is 12.4 Å². The van der Waals surface area contributed by atoms with Gasteiger partial charge in [0.15, 0.2) is 11.6 Å². The first-order valence-corrected chi connectivity index (χ1v) is 11.6. The summed E-state index contributed by atoms with van der Waals surface area (Å²) in [5.74, 6) is 2.37. The molecule has 0 radical (unpaired) electrons. The Morgan fingerprint density at radius 1 is 1.12 bits per heavy atom. The van der Waals surface area contributed by atoms with Gasteiger partial charge in [-0.05, 0) is 55.3 Å². The molecule has 0 aliphatic rings. The van der Waals surface area contributed by atoms with Gasteiger partial charge >= 0.3 is 0 Å². The van der Waals surface area contributed by atoms with Crippen molar-refractivity contribution >= 4 is 33.2 Å². The van der Waals surface area contributed by atoms with Crippen molar-refractivity contribution in [2.75, 3.05) is 23.8 Å². The minimum Gasteiger partial charge on any atom is -0.481 e. The van der Waals surface area contributed by atoms with Gasteiger partial charge < -0.3 is 15.4 Å². The molecule has 0 aliphatic heterocycles. The number of rotatable bonds is 10. The van der Waals surface area contributed by atoms with E-state index in [0.717, 1.165) is 6.20 Å². The summed E-state index contributed by atoms with van der Waals surface area (Å²) in [6, 6.07) is 11.6. The van der Waals surface area contributed by atoms with Crippen LogP contribution >= 0.6 is 0 Å². The average Bonchev–Trinajstić information content (AvgIpc) is 2.80. The molecule has 33 heavy (non-hydrogen) atoms. The lowest BCUT2D eigenvalue weighted by atomic mass is 10.2. The number of aromatic nitrogens is 2. The van der Waals surface area contributed by atoms with E-state index in [2.05, 4.69) is 31.2 Å². The second-order valence-electron chi connectivity index (χ2n) is 7.04. The third-order valence-corrected chi connectivity index (χ3v) is 6.06. The number of aryl methyl sites for hydroxylation is 1. The zero-order chi connectivity index (χ0) is 23.8. The van der Waals surface area contributed by atoms with Gasteiger partial charge in [0.25, 0.3) is 0 Å². The lowest BCUT2D eigenvalue weighted by Crippen LogP contribution is -2.25. The third-order valence-electron chi connectivity index (χ3n) is 4.46. The number of nitrogens with one attached hydrogen (secondary N) is 3. The van der Waals surface area contributed by atoms with E-state index >= 15 is 0 Å². The standard InChI is InChI=1S/C23H24FN5O3S/c1-4-12-26-33(30,31)21-14-18(7-6-16(21)3)28-23-25-15-20(24)22(29-23)27-17-8-10-19(11-9-17)32-13-5-2/h2,6-11,14-15,26H,4,12-13H2,1,3H3,(H2,25,27,28,29). The van der Waals surface area contributed by atoms with Crippen molar-refractivity contribution in [3.05, 3.63) is 60.0 Å². The first kappa shape index (κ1) is 24.0. The van der Waals surface area contributed by atoms with Crippen LogP contribution < -0.4 is 20.1 Å². The van der Waals surface area contributed by atoms with E-state index in [1.54, 1.807) is 43.3 Å². The predicted octanol–water partition coefficient (Wildman–Crippen LogP) is 4.11. The highest BCUT2D eigenvalue weighted by Crippen LogP contribution is 2.24. The molecule has 1 heterocycles. The summed E-state index contributed by atoms with van der Waals surface area (Å²) in [7, 11) is -3.66. The number of benzene rings is 2. The molecule has 0 aliphatic carbocycles. The minimum atomic E-state index is -3.66. The van der Waals surface area contributed by atoms with Crippen LogP contribution in [0.4, 0.5) is 27.5 Å². The monoisotopic (exact) mass is 469 g/mol. The molecule has 0 bridgehead atoms. The number of nitrogens with zero attached hydrogens (tertiary/aromatic N) is 2. The van der Waals surface area contributed by atoms with Crippen molar-refractivity contribution in [2.24, 2.45) is 0 Å². The summed E-state index contributed by atoms with van der Waals surface area (Å²) in [4.78, 5) is 8.26. The lowest BCUT2D eigenvalue weighted by molar-refractivity contribution is 0.370. The molecule has 2 aromatic carbocycles. The number of hydrogen-bond acceptors (Lipinski definition) is 7. The summed E-state index contributed by atoms with van der Waals surface area (Å²) < 4.78 is 47.2. The topological polar surface area (TPSA) is 105 Å². The van der Waals surface area contributed by atoms with Crippen LogP contribution in [0.3, 0.4) is 0 Å². The summed E-state index contributed by atoms with van der Waals surface area (Å²) in [5.41, 5.74) is 1.63. The zero-order valence-electron chi connectivity index (χ0n) is 18.2. The average molecular weight is 470 g/mol. The van der Waals surface area contributed by atoms with E-state index in [9.17, 15) is 12.8 Å². The van der Waals surface area contributed by atoms with E-state index in [1.807, 2.05) is 6.92 Å². The van der Waals surface area contributed by atoms with Gasteiger partial charge in [-0.2, -0.15) is 4.98 Å². The molecule has 172 valence electrons. The highest BCUT2D eigenvalue weighted by molar-refractivity contribution is 7.89. The molecular formula is C23H24FN5O3S. The van der Waals surface area contributed by atoms with Crippen LogP contribution in [0.5, 0.6) is 5.75 Å². The van der Waals surface area contributed by atoms with Crippen LogP contribution in [-0.4, -0.2) is 31.5 Å². The second kappa shape index (κ2) is 10.8. The maximum absolute atomic E-state index is 14.3. The van der Waals surface area contributed by atoms with Crippen LogP contribution in [0.2, 0.25) is 0 Å². The Morgan fingerprint density at radius 3 is 2.55 bits per heavy atom. The zero-order valence-corrected chi connectivity index (χ0v) is 19.0. The lowest BCUT2D eigenvalue weighted by Gasteiger charge is -2.13. The molecule has 3 N–H and O–H groups in total. The van der Waals surface area contributed by atoms with Gasteiger partial charge in [-0.25, -0.2) is 22.5 Å². The predicted molar refractivity (Wildman–Crippen MR) is 126 cm³/mol. The van der Waals surface area contributed by atoms with Gasteiger partial charge in [0.2, 0.25) is 16.0 Å². The molecule has 0 fully saturated rings. The highest BCUT2D eigenvalue weighted by Gasteiger charge is 2.17. The van der Waals surface area contributed by atoms with Gasteiger partial charge in [0, 0.05) is 17.9 Å². The number of ether oxygens (including phenoxy) is 1. The number of anilines is 4. The number of hydrogen-bond donors (Lipinski definition) is 3. The van der Waals surface area contributed by atoms with E-state index in [0.29, 0.717) is 35.7 Å². The molecule has 1 aromatic heterocycles. The van der Waals surface area contributed by atoms with Crippen molar-refractivity contribution in [3.63, 3.8) is 0 Å².